The highest BCUT2D eigenvalue weighted by Crippen LogP contribution is 2.27. The third kappa shape index (κ3) is 3.37. The number of benzene rings is 1. The molecule has 2 atom stereocenters. The molecule has 2 aliphatic rings. The maximum Gasteiger partial charge on any atom is 0.0249 e. The Balaban J connectivity index is 1.38. The Morgan fingerprint density at radius 3 is 2.84 bits per heavy atom. The quantitative estimate of drug-likeness (QED) is 0.817. The molecular formula is C17H26N2. The van der Waals surface area contributed by atoms with Crippen LogP contribution >= 0.6 is 0 Å². The Morgan fingerprint density at radius 2 is 1.95 bits per heavy atom. The zero-order valence-electron chi connectivity index (χ0n) is 11.9. The summed E-state index contributed by atoms with van der Waals surface area (Å²) in [6.45, 7) is 3.83. The number of aryl methyl sites for hydroxylation is 1. The van der Waals surface area contributed by atoms with Crippen LogP contribution in [0.15, 0.2) is 30.3 Å². The first-order valence-electron chi connectivity index (χ1n) is 7.95. The zero-order chi connectivity index (χ0) is 12.9. The van der Waals surface area contributed by atoms with Gasteiger partial charge in [0.25, 0.3) is 0 Å². The Morgan fingerprint density at radius 1 is 1.05 bits per heavy atom. The lowest BCUT2D eigenvalue weighted by atomic mass is 9.99. The fraction of sp³-hybridized carbons (Fsp3) is 0.647. The van der Waals surface area contributed by atoms with Crippen molar-refractivity contribution in [2.75, 3.05) is 19.6 Å². The first kappa shape index (κ1) is 13.1. The van der Waals surface area contributed by atoms with E-state index in [-0.39, 0.29) is 0 Å². The smallest absolute Gasteiger partial charge is 0.0249 e. The highest BCUT2D eigenvalue weighted by Gasteiger charge is 2.34. The van der Waals surface area contributed by atoms with Crippen LogP contribution in [0.4, 0.5) is 0 Å². The standard InChI is InChI=1S/C17H26N2/c1-2-7-15(8-3-1)9-6-12-18-16-11-14-19-13-5-4-10-17(16)19/h1-3,7-8,16-18H,4-6,9-14H2. The summed E-state index contributed by atoms with van der Waals surface area (Å²) in [6, 6.07) is 12.4. The van der Waals surface area contributed by atoms with Crippen molar-refractivity contribution in [2.45, 2.75) is 50.6 Å². The van der Waals surface area contributed by atoms with Crippen LogP contribution in [0.3, 0.4) is 0 Å². The predicted molar refractivity (Wildman–Crippen MR) is 80.4 cm³/mol. The summed E-state index contributed by atoms with van der Waals surface area (Å²) in [4.78, 5) is 2.71. The highest BCUT2D eigenvalue weighted by molar-refractivity contribution is 5.14. The number of rotatable bonds is 5. The molecule has 2 aliphatic heterocycles. The molecule has 0 aliphatic carbocycles. The van der Waals surface area contributed by atoms with Gasteiger partial charge in [-0.3, -0.25) is 4.90 Å². The molecule has 1 aromatic carbocycles. The molecule has 104 valence electrons. The van der Waals surface area contributed by atoms with E-state index in [1.54, 1.807) is 0 Å². The van der Waals surface area contributed by atoms with Crippen molar-refractivity contribution in [3.63, 3.8) is 0 Å². The second-order valence-corrected chi connectivity index (χ2v) is 6.04. The van der Waals surface area contributed by atoms with E-state index >= 15 is 0 Å². The first-order valence-corrected chi connectivity index (χ1v) is 7.95. The lowest BCUT2D eigenvalue weighted by molar-refractivity contribution is 0.180. The molecule has 1 N–H and O–H groups in total. The molecule has 0 radical (unpaired) electrons. The minimum Gasteiger partial charge on any atom is -0.312 e. The predicted octanol–water partition coefficient (Wildman–Crippen LogP) is 2.84. The van der Waals surface area contributed by atoms with Gasteiger partial charge in [-0.1, -0.05) is 36.8 Å². The second-order valence-electron chi connectivity index (χ2n) is 6.04. The van der Waals surface area contributed by atoms with Crippen molar-refractivity contribution in [1.29, 1.82) is 0 Å². The van der Waals surface area contributed by atoms with Crippen molar-refractivity contribution in [3.8, 4) is 0 Å². The minimum atomic E-state index is 0.760. The Kier molecular flexibility index (Phi) is 4.52. The van der Waals surface area contributed by atoms with E-state index in [1.165, 1.54) is 63.7 Å². The normalized spacial score (nSPS) is 27.4. The minimum absolute atomic E-state index is 0.760. The monoisotopic (exact) mass is 258 g/mol. The van der Waals surface area contributed by atoms with Crippen LogP contribution in [0.25, 0.3) is 0 Å². The lowest BCUT2D eigenvalue weighted by Crippen LogP contribution is -2.45. The maximum atomic E-state index is 3.81. The van der Waals surface area contributed by atoms with Gasteiger partial charge in [-0.25, -0.2) is 0 Å². The molecule has 3 rings (SSSR count). The zero-order valence-corrected chi connectivity index (χ0v) is 11.9. The number of hydrogen-bond donors (Lipinski definition) is 1. The van der Waals surface area contributed by atoms with Gasteiger partial charge in [-0.05, 0) is 50.8 Å². The van der Waals surface area contributed by atoms with Gasteiger partial charge in [-0.15, -0.1) is 0 Å². The van der Waals surface area contributed by atoms with Gasteiger partial charge in [0.15, 0.2) is 0 Å². The summed E-state index contributed by atoms with van der Waals surface area (Å²) in [6.07, 6.45) is 8.08. The Hall–Kier alpha value is -0.860. The molecule has 2 nitrogen and oxygen atoms in total. The largest absolute Gasteiger partial charge is 0.312 e. The summed E-state index contributed by atoms with van der Waals surface area (Å²) in [5.41, 5.74) is 1.47. The number of hydrogen-bond acceptors (Lipinski definition) is 2. The fourth-order valence-corrected chi connectivity index (χ4v) is 3.71. The van der Waals surface area contributed by atoms with Crippen LogP contribution < -0.4 is 5.32 Å². The van der Waals surface area contributed by atoms with Crippen molar-refractivity contribution >= 4 is 0 Å². The van der Waals surface area contributed by atoms with Crippen LogP contribution in [0, 0.1) is 0 Å². The molecule has 2 heterocycles. The molecule has 19 heavy (non-hydrogen) atoms. The average molecular weight is 258 g/mol. The maximum absolute atomic E-state index is 3.81. The number of fused-ring (bicyclic) bond motifs is 1. The molecule has 2 unspecified atom stereocenters. The third-order valence-electron chi connectivity index (χ3n) is 4.75. The number of nitrogens with zero attached hydrogens (tertiary/aromatic N) is 1. The van der Waals surface area contributed by atoms with Crippen molar-refractivity contribution in [1.82, 2.24) is 10.2 Å². The summed E-state index contributed by atoms with van der Waals surface area (Å²) < 4.78 is 0. The van der Waals surface area contributed by atoms with E-state index in [2.05, 4.69) is 40.5 Å². The van der Waals surface area contributed by atoms with E-state index in [9.17, 15) is 0 Å². The van der Waals surface area contributed by atoms with E-state index in [4.69, 9.17) is 0 Å². The summed E-state index contributed by atoms with van der Waals surface area (Å²) >= 11 is 0. The van der Waals surface area contributed by atoms with Gasteiger partial charge in [0.05, 0.1) is 0 Å². The van der Waals surface area contributed by atoms with E-state index < -0.39 is 0 Å². The summed E-state index contributed by atoms with van der Waals surface area (Å²) in [7, 11) is 0. The molecule has 1 aromatic rings. The van der Waals surface area contributed by atoms with Crippen molar-refractivity contribution in [3.05, 3.63) is 35.9 Å². The summed E-state index contributed by atoms with van der Waals surface area (Å²) in [5.74, 6) is 0. The lowest BCUT2D eigenvalue weighted by Gasteiger charge is -2.32. The number of piperidine rings is 1. The molecule has 0 amide bonds. The van der Waals surface area contributed by atoms with E-state index in [1.807, 2.05) is 0 Å². The first-order chi connectivity index (χ1) is 9.43. The molecule has 0 aromatic heterocycles. The molecule has 0 bridgehead atoms. The molecule has 2 heteroatoms. The van der Waals surface area contributed by atoms with Crippen LogP contribution in [-0.2, 0) is 6.42 Å². The second kappa shape index (κ2) is 6.53. The van der Waals surface area contributed by atoms with Crippen LogP contribution in [-0.4, -0.2) is 36.6 Å². The topological polar surface area (TPSA) is 15.3 Å². The van der Waals surface area contributed by atoms with E-state index in [0.29, 0.717) is 0 Å². The average Bonchev–Trinajstić information content (AvgIpc) is 2.88. The number of nitrogens with one attached hydrogen (secondary N) is 1. The van der Waals surface area contributed by atoms with Gasteiger partial charge >= 0.3 is 0 Å². The molecule has 0 spiro atoms. The Labute approximate surface area is 117 Å². The molecule has 0 saturated carbocycles. The molecular weight excluding hydrogens is 232 g/mol. The SMILES string of the molecule is c1ccc(CCCNC2CCN3CCCCC23)cc1. The van der Waals surface area contributed by atoms with Gasteiger partial charge in [-0.2, -0.15) is 0 Å². The van der Waals surface area contributed by atoms with Crippen LogP contribution in [0.2, 0.25) is 0 Å². The summed E-state index contributed by atoms with van der Waals surface area (Å²) in [5, 5.41) is 3.81. The highest BCUT2D eigenvalue weighted by atomic mass is 15.2. The fourth-order valence-electron chi connectivity index (χ4n) is 3.71. The Bertz CT molecular complexity index is 376. The van der Waals surface area contributed by atoms with Crippen molar-refractivity contribution < 1.29 is 0 Å². The molecule has 2 fully saturated rings. The van der Waals surface area contributed by atoms with Crippen LogP contribution in [0.5, 0.6) is 0 Å². The van der Waals surface area contributed by atoms with Crippen molar-refractivity contribution in [2.24, 2.45) is 0 Å². The van der Waals surface area contributed by atoms with Gasteiger partial charge in [0, 0.05) is 18.6 Å². The van der Waals surface area contributed by atoms with Gasteiger partial charge < -0.3 is 5.32 Å². The van der Waals surface area contributed by atoms with Gasteiger partial charge in [0.1, 0.15) is 0 Å². The van der Waals surface area contributed by atoms with Crippen LogP contribution in [0.1, 0.15) is 37.7 Å². The van der Waals surface area contributed by atoms with Gasteiger partial charge in [0.2, 0.25) is 0 Å². The third-order valence-corrected chi connectivity index (χ3v) is 4.75. The molecule has 2 saturated heterocycles. The van der Waals surface area contributed by atoms with E-state index in [0.717, 1.165) is 12.1 Å².